The van der Waals surface area contributed by atoms with Crippen LogP contribution < -0.4 is 0 Å². The molecule has 0 spiro atoms. The van der Waals surface area contributed by atoms with Crippen LogP contribution in [0, 0.1) is 0 Å². The SMILES string of the molecule is CCOCOCCC=CCCCCCCCCl. The van der Waals surface area contributed by atoms with E-state index < -0.39 is 0 Å². The predicted molar refractivity (Wildman–Crippen MR) is 74.6 cm³/mol. The monoisotopic (exact) mass is 262 g/mol. The Morgan fingerprint density at radius 2 is 1.59 bits per heavy atom. The second-order valence-electron chi connectivity index (χ2n) is 4.02. The van der Waals surface area contributed by atoms with Gasteiger partial charge in [0.1, 0.15) is 6.79 Å². The van der Waals surface area contributed by atoms with Crippen LogP contribution >= 0.6 is 11.6 Å². The number of ether oxygens (including phenoxy) is 2. The van der Waals surface area contributed by atoms with Gasteiger partial charge in [-0.3, -0.25) is 0 Å². The summed E-state index contributed by atoms with van der Waals surface area (Å²) < 4.78 is 10.3. The van der Waals surface area contributed by atoms with Gasteiger partial charge in [-0.25, -0.2) is 0 Å². The van der Waals surface area contributed by atoms with Gasteiger partial charge in [-0.05, 0) is 32.6 Å². The minimum atomic E-state index is 0.422. The Labute approximate surface area is 111 Å². The average Bonchev–Trinajstić information content (AvgIpc) is 2.35. The zero-order valence-electron chi connectivity index (χ0n) is 11.1. The maximum Gasteiger partial charge on any atom is 0.146 e. The van der Waals surface area contributed by atoms with E-state index in [9.17, 15) is 0 Å². The molecule has 0 aliphatic heterocycles. The van der Waals surface area contributed by atoms with Crippen molar-refractivity contribution >= 4 is 11.6 Å². The van der Waals surface area contributed by atoms with Crippen LogP contribution in [0.25, 0.3) is 0 Å². The number of unbranched alkanes of at least 4 members (excludes halogenated alkanes) is 5. The number of hydrogen-bond acceptors (Lipinski definition) is 2. The fourth-order valence-corrected chi connectivity index (χ4v) is 1.66. The van der Waals surface area contributed by atoms with Gasteiger partial charge in [-0.2, -0.15) is 0 Å². The van der Waals surface area contributed by atoms with Crippen LogP contribution in [0.1, 0.15) is 51.9 Å². The molecule has 0 amide bonds. The highest BCUT2D eigenvalue weighted by Gasteiger charge is 1.88. The molecule has 0 aliphatic carbocycles. The molecule has 0 heterocycles. The zero-order chi connectivity index (χ0) is 12.6. The Kier molecular flexibility index (Phi) is 15.9. The van der Waals surface area contributed by atoms with E-state index in [1.807, 2.05) is 6.92 Å². The largest absolute Gasteiger partial charge is 0.356 e. The molecule has 0 fully saturated rings. The molecule has 2 nitrogen and oxygen atoms in total. The molecule has 0 aromatic carbocycles. The van der Waals surface area contributed by atoms with Crippen molar-refractivity contribution in [1.29, 1.82) is 0 Å². The van der Waals surface area contributed by atoms with Crippen molar-refractivity contribution in [2.24, 2.45) is 0 Å². The highest BCUT2D eigenvalue weighted by Crippen LogP contribution is 2.06. The van der Waals surface area contributed by atoms with E-state index in [-0.39, 0.29) is 0 Å². The van der Waals surface area contributed by atoms with Gasteiger partial charge in [-0.1, -0.05) is 31.4 Å². The Morgan fingerprint density at radius 3 is 2.35 bits per heavy atom. The summed E-state index contributed by atoms with van der Waals surface area (Å²) in [6.07, 6.45) is 13.0. The number of rotatable bonds is 13. The molecule has 0 N–H and O–H groups in total. The van der Waals surface area contributed by atoms with Crippen LogP contribution in [0.2, 0.25) is 0 Å². The van der Waals surface area contributed by atoms with Gasteiger partial charge in [0.05, 0.1) is 6.61 Å². The molecule has 0 bridgehead atoms. The third-order valence-corrected chi connectivity index (χ3v) is 2.74. The van der Waals surface area contributed by atoms with Gasteiger partial charge < -0.3 is 9.47 Å². The quantitative estimate of drug-likeness (QED) is 0.210. The van der Waals surface area contributed by atoms with Crippen LogP contribution in [0.3, 0.4) is 0 Å². The maximum absolute atomic E-state index is 5.61. The minimum Gasteiger partial charge on any atom is -0.356 e. The van der Waals surface area contributed by atoms with Crippen LogP contribution in [0.15, 0.2) is 12.2 Å². The number of allylic oxidation sites excluding steroid dienone is 1. The molecule has 0 saturated carbocycles. The average molecular weight is 263 g/mol. The van der Waals surface area contributed by atoms with E-state index in [4.69, 9.17) is 21.1 Å². The summed E-state index contributed by atoms with van der Waals surface area (Å²) in [6, 6.07) is 0. The fraction of sp³-hybridized carbons (Fsp3) is 0.857. The summed E-state index contributed by atoms with van der Waals surface area (Å²) in [5, 5.41) is 0. The molecule has 0 aromatic heterocycles. The smallest absolute Gasteiger partial charge is 0.146 e. The van der Waals surface area contributed by atoms with Gasteiger partial charge in [0, 0.05) is 12.5 Å². The second kappa shape index (κ2) is 16.0. The summed E-state index contributed by atoms with van der Waals surface area (Å²) in [5.41, 5.74) is 0. The first-order chi connectivity index (χ1) is 8.41. The van der Waals surface area contributed by atoms with E-state index in [0.717, 1.165) is 31.9 Å². The van der Waals surface area contributed by atoms with Crippen LogP contribution in [-0.4, -0.2) is 25.9 Å². The highest BCUT2D eigenvalue weighted by molar-refractivity contribution is 6.17. The number of halogens is 1. The minimum absolute atomic E-state index is 0.422. The third kappa shape index (κ3) is 15.9. The first kappa shape index (κ1) is 16.9. The molecule has 0 atom stereocenters. The topological polar surface area (TPSA) is 18.5 Å². The molecule has 17 heavy (non-hydrogen) atoms. The molecule has 102 valence electrons. The first-order valence-electron chi connectivity index (χ1n) is 6.78. The summed E-state index contributed by atoms with van der Waals surface area (Å²) in [7, 11) is 0. The second-order valence-corrected chi connectivity index (χ2v) is 4.40. The maximum atomic E-state index is 5.61. The van der Waals surface area contributed by atoms with Crippen LogP contribution in [-0.2, 0) is 9.47 Å². The van der Waals surface area contributed by atoms with Crippen molar-refractivity contribution in [3.63, 3.8) is 0 Å². The molecule has 0 saturated heterocycles. The van der Waals surface area contributed by atoms with Gasteiger partial charge in [0.25, 0.3) is 0 Å². The lowest BCUT2D eigenvalue weighted by Crippen LogP contribution is -1.99. The van der Waals surface area contributed by atoms with Crippen molar-refractivity contribution in [2.45, 2.75) is 51.9 Å². The van der Waals surface area contributed by atoms with Crippen molar-refractivity contribution in [2.75, 3.05) is 25.9 Å². The standard InChI is InChI=1S/C14H27ClO2/c1-2-16-14-17-13-11-9-7-5-3-4-6-8-10-12-15/h7,9H,2-6,8,10-14H2,1H3. The van der Waals surface area contributed by atoms with Gasteiger partial charge in [0.2, 0.25) is 0 Å². The van der Waals surface area contributed by atoms with E-state index in [0.29, 0.717) is 6.79 Å². The normalized spacial score (nSPS) is 11.4. The van der Waals surface area contributed by atoms with Gasteiger partial charge in [-0.15, -0.1) is 11.6 Å². The summed E-state index contributed by atoms with van der Waals surface area (Å²) >= 11 is 5.61. The summed E-state index contributed by atoms with van der Waals surface area (Å²) in [4.78, 5) is 0. The molecule has 0 rings (SSSR count). The van der Waals surface area contributed by atoms with E-state index in [1.54, 1.807) is 0 Å². The fourth-order valence-electron chi connectivity index (χ4n) is 1.48. The zero-order valence-corrected chi connectivity index (χ0v) is 11.9. The molecule has 0 aromatic rings. The molecule has 0 aliphatic rings. The van der Waals surface area contributed by atoms with Crippen LogP contribution in [0.4, 0.5) is 0 Å². The lowest BCUT2D eigenvalue weighted by molar-refractivity contribution is -0.0476. The van der Waals surface area contributed by atoms with E-state index >= 15 is 0 Å². The molecular formula is C14H27ClO2. The number of hydrogen-bond donors (Lipinski definition) is 0. The van der Waals surface area contributed by atoms with Gasteiger partial charge in [0.15, 0.2) is 0 Å². The lowest BCUT2D eigenvalue weighted by Gasteiger charge is -2.01. The predicted octanol–water partition coefficient (Wildman–Crippen LogP) is 4.52. The van der Waals surface area contributed by atoms with Crippen LogP contribution in [0.5, 0.6) is 0 Å². The Balaban J connectivity index is 2.99. The van der Waals surface area contributed by atoms with Crippen molar-refractivity contribution < 1.29 is 9.47 Å². The van der Waals surface area contributed by atoms with Crippen molar-refractivity contribution in [1.82, 2.24) is 0 Å². The number of alkyl halides is 1. The van der Waals surface area contributed by atoms with Crippen molar-refractivity contribution in [3.05, 3.63) is 12.2 Å². The Hall–Kier alpha value is -0.0500. The van der Waals surface area contributed by atoms with Gasteiger partial charge >= 0.3 is 0 Å². The highest BCUT2D eigenvalue weighted by atomic mass is 35.5. The van der Waals surface area contributed by atoms with E-state index in [1.165, 1.54) is 32.1 Å². The van der Waals surface area contributed by atoms with Crippen molar-refractivity contribution in [3.8, 4) is 0 Å². The molecule has 0 radical (unpaired) electrons. The lowest BCUT2D eigenvalue weighted by atomic mass is 10.1. The summed E-state index contributed by atoms with van der Waals surface area (Å²) in [6.45, 7) is 3.87. The molecular weight excluding hydrogens is 236 g/mol. The summed E-state index contributed by atoms with van der Waals surface area (Å²) in [5.74, 6) is 0.807. The van der Waals surface area contributed by atoms with E-state index in [2.05, 4.69) is 12.2 Å². The Morgan fingerprint density at radius 1 is 0.882 bits per heavy atom. The Bertz CT molecular complexity index is 160. The molecule has 0 unspecified atom stereocenters. The third-order valence-electron chi connectivity index (χ3n) is 2.47. The molecule has 3 heteroatoms. The first-order valence-corrected chi connectivity index (χ1v) is 7.31.